The maximum absolute atomic E-state index is 15.0. The van der Waals surface area contributed by atoms with E-state index >= 15 is 0 Å². The Hall–Kier alpha value is -3.62. The molecule has 7 rings (SSSR count). The number of benzene rings is 1. The maximum Gasteiger partial charge on any atom is 0.260 e. The van der Waals surface area contributed by atoms with Crippen LogP contribution in [0.4, 0.5) is 19.0 Å². The average molecular weight is 521 g/mol. The van der Waals surface area contributed by atoms with E-state index < -0.39 is 29.1 Å². The second-order valence-electron chi connectivity index (χ2n) is 11.1. The highest BCUT2D eigenvalue weighted by Crippen LogP contribution is 2.55. The third kappa shape index (κ3) is 3.74. The van der Waals surface area contributed by atoms with Crippen molar-refractivity contribution in [3.63, 3.8) is 0 Å². The molecule has 2 saturated carbocycles. The van der Waals surface area contributed by atoms with Crippen LogP contribution in [-0.2, 0) is 0 Å². The first kappa shape index (κ1) is 23.5. The molecule has 1 amide bonds. The number of nitrogens with one attached hydrogen (secondary N) is 1. The Kier molecular flexibility index (Phi) is 5.39. The predicted octanol–water partition coefficient (Wildman–Crippen LogP) is 5.04. The van der Waals surface area contributed by atoms with Crippen molar-refractivity contribution in [3.8, 4) is 5.69 Å². The average Bonchev–Trinajstić information content (AvgIpc) is 3.58. The van der Waals surface area contributed by atoms with Gasteiger partial charge in [0.2, 0.25) is 5.43 Å². The highest BCUT2D eigenvalue weighted by atomic mass is 19.1. The van der Waals surface area contributed by atoms with Crippen molar-refractivity contribution >= 4 is 22.8 Å². The van der Waals surface area contributed by atoms with Gasteiger partial charge < -0.3 is 10.2 Å². The molecule has 38 heavy (non-hydrogen) atoms. The summed E-state index contributed by atoms with van der Waals surface area (Å²) in [7, 11) is 0. The van der Waals surface area contributed by atoms with Crippen LogP contribution in [0.25, 0.3) is 16.7 Å². The SMILES string of the molecule is O=C(NC1=C2CCC3CC(C1)CC23)c1cn(-c2ccc(F)cc2F)c2nc(N3CC[C@@H](F)C3)ccc2c1=O. The lowest BCUT2D eigenvalue weighted by atomic mass is 9.86. The van der Waals surface area contributed by atoms with E-state index in [-0.39, 0.29) is 28.8 Å². The van der Waals surface area contributed by atoms with Crippen molar-refractivity contribution in [1.29, 1.82) is 0 Å². The summed E-state index contributed by atoms with van der Waals surface area (Å²) in [6.07, 6.45) is 5.98. The fraction of sp³-hybridized carbons (Fsp3) is 0.414. The summed E-state index contributed by atoms with van der Waals surface area (Å²) in [5, 5.41) is 3.16. The second kappa shape index (κ2) is 8.71. The monoisotopic (exact) mass is 520 g/mol. The van der Waals surface area contributed by atoms with Crippen LogP contribution in [-0.4, -0.2) is 34.7 Å². The van der Waals surface area contributed by atoms with E-state index in [1.807, 2.05) is 0 Å². The summed E-state index contributed by atoms with van der Waals surface area (Å²) < 4.78 is 43.9. The number of pyridine rings is 2. The number of carbonyl (C=O) groups is 1. The number of amides is 1. The molecule has 3 heterocycles. The van der Waals surface area contributed by atoms with Gasteiger partial charge in [-0.1, -0.05) is 0 Å². The van der Waals surface area contributed by atoms with Gasteiger partial charge in [-0.25, -0.2) is 18.2 Å². The number of hydrogen-bond donors (Lipinski definition) is 1. The van der Waals surface area contributed by atoms with E-state index in [1.54, 1.807) is 17.0 Å². The number of fused-ring (bicyclic) bond motifs is 2. The van der Waals surface area contributed by atoms with Crippen LogP contribution in [0.2, 0.25) is 0 Å². The molecule has 2 bridgehead atoms. The Labute approximate surface area is 217 Å². The maximum atomic E-state index is 15.0. The molecule has 6 nitrogen and oxygen atoms in total. The molecular weight excluding hydrogens is 493 g/mol. The number of rotatable bonds is 4. The third-order valence-electron chi connectivity index (χ3n) is 8.87. The topological polar surface area (TPSA) is 67.2 Å². The van der Waals surface area contributed by atoms with Crippen LogP contribution in [0.5, 0.6) is 0 Å². The number of hydrogen-bond acceptors (Lipinski definition) is 4. The summed E-state index contributed by atoms with van der Waals surface area (Å²) in [6.45, 7) is 0.643. The molecule has 0 spiro atoms. The quantitative estimate of drug-likeness (QED) is 0.524. The Morgan fingerprint density at radius 3 is 2.76 bits per heavy atom. The Morgan fingerprint density at radius 2 is 1.97 bits per heavy atom. The van der Waals surface area contributed by atoms with E-state index in [4.69, 9.17) is 0 Å². The van der Waals surface area contributed by atoms with Crippen LogP contribution in [0.1, 0.15) is 48.9 Å². The zero-order valence-corrected chi connectivity index (χ0v) is 20.7. The fourth-order valence-electron chi connectivity index (χ4n) is 7.13. The van der Waals surface area contributed by atoms with Crippen molar-refractivity contribution in [3.05, 3.63) is 75.2 Å². The summed E-state index contributed by atoms with van der Waals surface area (Å²) in [5.41, 5.74) is 1.66. The van der Waals surface area contributed by atoms with Crippen LogP contribution in [0, 0.1) is 29.4 Å². The van der Waals surface area contributed by atoms with Crippen LogP contribution in [0.3, 0.4) is 0 Å². The summed E-state index contributed by atoms with van der Waals surface area (Å²) in [4.78, 5) is 33.5. The molecule has 3 fully saturated rings. The molecule has 1 saturated heterocycles. The van der Waals surface area contributed by atoms with Crippen molar-refractivity contribution in [2.75, 3.05) is 18.0 Å². The number of anilines is 1. The summed E-state index contributed by atoms with van der Waals surface area (Å²) >= 11 is 0. The van der Waals surface area contributed by atoms with Gasteiger partial charge in [0, 0.05) is 24.5 Å². The first-order chi connectivity index (χ1) is 18.4. The van der Waals surface area contributed by atoms with Gasteiger partial charge in [-0.2, -0.15) is 0 Å². The van der Waals surface area contributed by atoms with E-state index in [2.05, 4.69) is 10.3 Å². The number of nitrogens with zero attached hydrogens (tertiary/aromatic N) is 3. The van der Waals surface area contributed by atoms with E-state index in [0.717, 1.165) is 37.1 Å². The zero-order chi connectivity index (χ0) is 26.1. The fourth-order valence-corrected chi connectivity index (χ4v) is 7.13. The van der Waals surface area contributed by atoms with Gasteiger partial charge in [0.15, 0.2) is 5.65 Å². The van der Waals surface area contributed by atoms with E-state index in [1.165, 1.54) is 35.2 Å². The summed E-state index contributed by atoms with van der Waals surface area (Å²) in [6, 6.07) is 6.28. The predicted molar refractivity (Wildman–Crippen MR) is 137 cm³/mol. The molecular formula is C29H27F3N4O2. The molecule has 1 N–H and O–H groups in total. The van der Waals surface area contributed by atoms with Gasteiger partial charge >= 0.3 is 0 Å². The molecule has 9 heteroatoms. The molecule has 3 unspecified atom stereocenters. The van der Waals surface area contributed by atoms with E-state index in [9.17, 15) is 22.8 Å². The smallest absolute Gasteiger partial charge is 0.260 e. The molecule has 196 valence electrons. The second-order valence-corrected chi connectivity index (χ2v) is 11.1. The van der Waals surface area contributed by atoms with Gasteiger partial charge in [-0.15, -0.1) is 0 Å². The molecule has 1 aliphatic heterocycles. The Bertz CT molecular complexity index is 1580. The third-order valence-corrected chi connectivity index (χ3v) is 8.87. The van der Waals surface area contributed by atoms with Crippen molar-refractivity contribution < 1.29 is 18.0 Å². The molecule has 4 atom stereocenters. The van der Waals surface area contributed by atoms with Crippen LogP contribution < -0.4 is 15.6 Å². The van der Waals surface area contributed by atoms with Crippen molar-refractivity contribution in [2.45, 2.75) is 44.7 Å². The highest BCUT2D eigenvalue weighted by molar-refractivity contribution is 5.98. The highest BCUT2D eigenvalue weighted by Gasteiger charge is 2.45. The van der Waals surface area contributed by atoms with Gasteiger partial charge in [0.05, 0.1) is 17.6 Å². The number of allylic oxidation sites excluding steroid dienone is 2. The standard InChI is InChI=1S/C29H27F3N4O2/c30-17-2-5-25(23(32)12-17)36-14-22(29(38)33-24-11-15-9-16-1-3-19(24)21(16)10-15)27(37)20-4-6-26(34-28(20)36)35-8-7-18(31)13-35/h2,4-6,12,14-16,18,21H,1,3,7-11,13H2,(H,33,38)/t15?,16?,18-,21?/m1/s1. The van der Waals surface area contributed by atoms with Crippen LogP contribution >= 0.6 is 0 Å². The number of halogens is 3. The largest absolute Gasteiger partial charge is 0.354 e. The minimum absolute atomic E-state index is 0.0451. The van der Waals surface area contributed by atoms with E-state index in [0.29, 0.717) is 36.5 Å². The molecule has 4 aliphatic rings. The molecule has 1 aromatic carbocycles. The zero-order valence-electron chi connectivity index (χ0n) is 20.7. The lowest BCUT2D eigenvalue weighted by Gasteiger charge is -2.25. The van der Waals surface area contributed by atoms with Crippen molar-refractivity contribution in [2.24, 2.45) is 17.8 Å². The number of carbonyl (C=O) groups excluding carboxylic acids is 1. The molecule has 3 aromatic rings. The normalized spacial score (nSPS) is 26.0. The Morgan fingerprint density at radius 1 is 1.11 bits per heavy atom. The first-order valence-corrected chi connectivity index (χ1v) is 13.3. The minimum atomic E-state index is -0.976. The van der Waals surface area contributed by atoms with Gasteiger partial charge in [0.25, 0.3) is 5.91 Å². The number of alkyl halides is 1. The lowest BCUT2D eigenvalue weighted by molar-refractivity contribution is 0.0960. The van der Waals surface area contributed by atoms with Gasteiger partial charge in [-0.3, -0.25) is 14.2 Å². The van der Waals surface area contributed by atoms with Crippen molar-refractivity contribution in [1.82, 2.24) is 14.9 Å². The van der Waals surface area contributed by atoms with Gasteiger partial charge in [-0.05, 0) is 86.1 Å². The summed E-state index contributed by atoms with van der Waals surface area (Å²) in [5.74, 6) is 0.0992. The molecule has 3 aliphatic carbocycles. The Balaban J connectivity index is 1.34. The van der Waals surface area contributed by atoms with Gasteiger partial charge in [0.1, 0.15) is 29.2 Å². The lowest BCUT2D eigenvalue weighted by Crippen LogP contribution is -2.32. The van der Waals surface area contributed by atoms with Crippen LogP contribution in [0.15, 0.2) is 52.6 Å². The molecule has 2 aromatic heterocycles. The molecule has 0 radical (unpaired) electrons. The first-order valence-electron chi connectivity index (χ1n) is 13.3. The minimum Gasteiger partial charge on any atom is -0.354 e. The number of aromatic nitrogens is 2.